The summed E-state index contributed by atoms with van der Waals surface area (Å²) in [6.07, 6.45) is 1.34. The molecular formula is C16H30N2O3. The Labute approximate surface area is 128 Å². The van der Waals surface area contributed by atoms with Crippen molar-refractivity contribution in [3.05, 3.63) is 0 Å². The molecule has 5 heteroatoms. The Morgan fingerprint density at radius 2 is 1.90 bits per heavy atom. The predicted octanol–water partition coefficient (Wildman–Crippen LogP) is 2.11. The Hall–Kier alpha value is -0.810. The van der Waals surface area contributed by atoms with E-state index in [0.717, 1.165) is 13.0 Å². The molecule has 0 radical (unpaired) electrons. The molecule has 5 atom stereocenters. The molecule has 1 saturated carbocycles. The SMILES string of the molecule is COC1CN(C(=O)NC2C(C)C(OC)C2(C)C)CCC1C. The highest BCUT2D eigenvalue weighted by Crippen LogP contribution is 2.47. The van der Waals surface area contributed by atoms with Gasteiger partial charge in [-0.15, -0.1) is 0 Å². The van der Waals surface area contributed by atoms with Gasteiger partial charge in [-0.05, 0) is 12.3 Å². The van der Waals surface area contributed by atoms with Crippen molar-refractivity contribution in [3.63, 3.8) is 0 Å². The molecule has 0 spiro atoms. The van der Waals surface area contributed by atoms with Crippen LogP contribution < -0.4 is 5.32 Å². The topological polar surface area (TPSA) is 50.8 Å². The molecule has 2 amide bonds. The van der Waals surface area contributed by atoms with Gasteiger partial charge in [0.15, 0.2) is 0 Å². The van der Waals surface area contributed by atoms with Crippen LogP contribution in [-0.4, -0.2) is 56.5 Å². The van der Waals surface area contributed by atoms with Gasteiger partial charge < -0.3 is 19.7 Å². The molecule has 0 aromatic carbocycles. The van der Waals surface area contributed by atoms with Crippen LogP contribution in [-0.2, 0) is 9.47 Å². The number of nitrogens with one attached hydrogen (secondary N) is 1. The van der Waals surface area contributed by atoms with Gasteiger partial charge in [-0.1, -0.05) is 27.7 Å². The van der Waals surface area contributed by atoms with Crippen LogP contribution in [0.15, 0.2) is 0 Å². The van der Waals surface area contributed by atoms with Crippen molar-refractivity contribution in [2.24, 2.45) is 17.3 Å². The van der Waals surface area contributed by atoms with Crippen LogP contribution in [0, 0.1) is 17.3 Å². The number of piperidine rings is 1. The highest BCUT2D eigenvalue weighted by molar-refractivity contribution is 5.75. The highest BCUT2D eigenvalue weighted by Gasteiger charge is 2.55. The van der Waals surface area contributed by atoms with Crippen LogP contribution in [0.3, 0.4) is 0 Å². The van der Waals surface area contributed by atoms with Crippen LogP contribution in [0.1, 0.15) is 34.1 Å². The number of hydrogen-bond acceptors (Lipinski definition) is 3. The van der Waals surface area contributed by atoms with Crippen molar-refractivity contribution >= 4 is 6.03 Å². The molecule has 2 fully saturated rings. The van der Waals surface area contributed by atoms with E-state index in [1.165, 1.54) is 0 Å². The van der Waals surface area contributed by atoms with Crippen molar-refractivity contribution in [1.29, 1.82) is 0 Å². The first-order valence-corrected chi connectivity index (χ1v) is 7.94. The zero-order valence-corrected chi connectivity index (χ0v) is 14.2. The first kappa shape index (κ1) is 16.6. The smallest absolute Gasteiger partial charge is 0.317 e. The van der Waals surface area contributed by atoms with Gasteiger partial charge in [-0.25, -0.2) is 4.79 Å². The zero-order chi connectivity index (χ0) is 15.8. The van der Waals surface area contributed by atoms with Gasteiger partial charge >= 0.3 is 6.03 Å². The molecule has 1 heterocycles. The van der Waals surface area contributed by atoms with E-state index in [0.29, 0.717) is 18.4 Å². The first-order chi connectivity index (χ1) is 9.82. The third kappa shape index (κ3) is 2.90. The molecular weight excluding hydrogens is 268 g/mol. The van der Waals surface area contributed by atoms with Gasteiger partial charge in [0.2, 0.25) is 0 Å². The maximum absolute atomic E-state index is 12.5. The van der Waals surface area contributed by atoms with Crippen molar-refractivity contribution < 1.29 is 14.3 Å². The fraction of sp³-hybridized carbons (Fsp3) is 0.938. The van der Waals surface area contributed by atoms with Crippen molar-refractivity contribution in [1.82, 2.24) is 10.2 Å². The number of amides is 2. The Kier molecular flexibility index (Phi) is 4.83. The van der Waals surface area contributed by atoms with Gasteiger partial charge in [-0.2, -0.15) is 0 Å². The van der Waals surface area contributed by atoms with E-state index in [1.54, 1.807) is 14.2 Å². The minimum absolute atomic E-state index is 0.0203. The van der Waals surface area contributed by atoms with Crippen LogP contribution in [0.25, 0.3) is 0 Å². The van der Waals surface area contributed by atoms with E-state index in [2.05, 4.69) is 33.0 Å². The van der Waals surface area contributed by atoms with E-state index in [4.69, 9.17) is 9.47 Å². The monoisotopic (exact) mass is 298 g/mol. The van der Waals surface area contributed by atoms with E-state index in [9.17, 15) is 4.79 Å². The van der Waals surface area contributed by atoms with Crippen molar-refractivity contribution in [2.75, 3.05) is 27.3 Å². The molecule has 1 aliphatic carbocycles. The lowest BCUT2D eigenvalue weighted by Crippen LogP contribution is -2.69. The number of likely N-dealkylation sites (tertiary alicyclic amines) is 1. The summed E-state index contributed by atoms with van der Waals surface area (Å²) >= 11 is 0. The molecule has 1 aliphatic heterocycles. The Bertz CT molecular complexity index is 386. The number of nitrogens with zero attached hydrogens (tertiary/aromatic N) is 1. The normalized spacial score (nSPS) is 38.8. The Morgan fingerprint density at radius 3 is 2.43 bits per heavy atom. The number of carbonyl (C=O) groups excluding carboxylic acids is 1. The van der Waals surface area contributed by atoms with E-state index in [1.807, 2.05) is 4.90 Å². The van der Waals surface area contributed by atoms with E-state index >= 15 is 0 Å². The minimum atomic E-state index is -0.0203. The largest absolute Gasteiger partial charge is 0.380 e. The average Bonchev–Trinajstić information content (AvgIpc) is 2.45. The summed E-state index contributed by atoms with van der Waals surface area (Å²) in [7, 11) is 3.47. The fourth-order valence-corrected chi connectivity index (χ4v) is 4.17. The molecule has 0 bridgehead atoms. The molecule has 1 N–H and O–H groups in total. The molecule has 21 heavy (non-hydrogen) atoms. The van der Waals surface area contributed by atoms with Crippen molar-refractivity contribution in [3.8, 4) is 0 Å². The summed E-state index contributed by atoms with van der Waals surface area (Å²) in [5.74, 6) is 0.854. The zero-order valence-electron chi connectivity index (χ0n) is 14.2. The fourth-order valence-electron chi connectivity index (χ4n) is 4.17. The molecule has 0 aromatic heterocycles. The Balaban J connectivity index is 1.93. The van der Waals surface area contributed by atoms with Gasteiger partial charge in [0, 0.05) is 44.7 Å². The Morgan fingerprint density at radius 1 is 1.24 bits per heavy atom. The lowest BCUT2D eigenvalue weighted by atomic mass is 9.58. The number of hydrogen-bond donors (Lipinski definition) is 1. The van der Waals surface area contributed by atoms with E-state index < -0.39 is 0 Å². The van der Waals surface area contributed by atoms with Crippen LogP contribution in [0.5, 0.6) is 0 Å². The number of rotatable bonds is 3. The molecule has 122 valence electrons. The lowest BCUT2D eigenvalue weighted by molar-refractivity contribution is -0.141. The third-order valence-electron chi connectivity index (χ3n) is 5.55. The minimum Gasteiger partial charge on any atom is -0.380 e. The number of urea groups is 1. The maximum Gasteiger partial charge on any atom is 0.317 e. The van der Waals surface area contributed by atoms with Crippen LogP contribution in [0.2, 0.25) is 0 Å². The average molecular weight is 298 g/mol. The molecule has 2 aliphatic rings. The van der Waals surface area contributed by atoms with Crippen molar-refractivity contribution in [2.45, 2.75) is 52.4 Å². The summed E-state index contributed by atoms with van der Waals surface area (Å²) in [6.45, 7) is 10.1. The highest BCUT2D eigenvalue weighted by atomic mass is 16.5. The number of ether oxygens (including phenoxy) is 2. The summed E-state index contributed by atoms with van der Waals surface area (Å²) in [4.78, 5) is 14.4. The summed E-state index contributed by atoms with van der Waals surface area (Å²) < 4.78 is 11.0. The molecule has 2 rings (SSSR count). The second-order valence-electron chi connectivity index (χ2n) is 7.25. The summed E-state index contributed by atoms with van der Waals surface area (Å²) in [5, 5.41) is 3.20. The maximum atomic E-state index is 12.5. The number of carbonyl (C=O) groups is 1. The first-order valence-electron chi connectivity index (χ1n) is 7.94. The second kappa shape index (κ2) is 6.13. The molecule has 5 unspecified atom stereocenters. The van der Waals surface area contributed by atoms with Gasteiger partial charge in [0.05, 0.1) is 12.2 Å². The van der Waals surface area contributed by atoms with Crippen LogP contribution >= 0.6 is 0 Å². The molecule has 5 nitrogen and oxygen atoms in total. The molecule has 1 saturated heterocycles. The van der Waals surface area contributed by atoms with Gasteiger partial charge in [0.1, 0.15) is 0 Å². The quantitative estimate of drug-likeness (QED) is 0.868. The van der Waals surface area contributed by atoms with Crippen LogP contribution in [0.4, 0.5) is 4.79 Å². The second-order valence-corrected chi connectivity index (χ2v) is 7.25. The van der Waals surface area contributed by atoms with Gasteiger partial charge in [-0.3, -0.25) is 0 Å². The van der Waals surface area contributed by atoms with Gasteiger partial charge in [0.25, 0.3) is 0 Å². The standard InChI is InChI=1S/C16H30N2O3/c1-10-7-8-18(9-12(10)20-5)15(19)17-13-11(2)14(21-6)16(13,3)4/h10-14H,7-9H2,1-6H3,(H,17,19). The predicted molar refractivity (Wildman–Crippen MR) is 82.2 cm³/mol. The van der Waals surface area contributed by atoms with E-state index in [-0.39, 0.29) is 29.7 Å². The molecule has 0 aromatic rings. The lowest BCUT2D eigenvalue weighted by Gasteiger charge is -2.56. The summed E-state index contributed by atoms with van der Waals surface area (Å²) in [6, 6.07) is 0.193. The third-order valence-corrected chi connectivity index (χ3v) is 5.55. The summed E-state index contributed by atoms with van der Waals surface area (Å²) in [5.41, 5.74) is -0.0203. The number of methoxy groups -OCH3 is 2.